The molecule has 0 bridgehead atoms. The number of nitro benzene ring substituents is 1. The molecule has 172 valence electrons. The van der Waals surface area contributed by atoms with Gasteiger partial charge in [0.1, 0.15) is 17.2 Å². The van der Waals surface area contributed by atoms with E-state index in [0.29, 0.717) is 18.8 Å². The van der Waals surface area contributed by atoms with Crippen LogP contribution in [0.15, 0.2) is 53.7 Å². The molecule has 33 heavy (non-hydrogen) atoms. The highest BCUT2D eigenvalue weighted by Crippen LogP contribution is 2.30. The number of benzene rings is 2. The van der Waals surface area contributed by atoms with E-state index in [1.165, 1.54) is 54.1 Å². The van der Waals surface area contributed by atoms with Crippen LogP contribution in [-0.2, 0) is 10.0 Å². The highest BCUT2D eigenvalue weighted by Gasteiger charge is 2.30. The number of nitrogens with zero attached hydrogens (tertiary/aromatic N) is 4. The normalized spacial score (nSPS) is 14.3. The molecule has 0 atom stereocenters. The van der Waals surface area contributed by atoms with Gasteiger partial charge in [-0.1, -0.05) is 0 Å². The second-order valence-corrected chi connectivity index (χ2v) is 9.34. The quantitative estimate of drug-likeness (QED) is 0.314. The summed E-state index contributed by atoms with van der Waals surface area (Å²) in [6, 6.07) is 7.76. The minimum absolute atomic E-state index is 0.00529. The van der Waals surface area contributed by atoms with Gasteiger partial charge in [-0.3, -0.25) is 14.9 Å². The van der Waals surface area contributed by atoms with Gasteiger partial charge in [-0.15, -0.1) is 0 Å². The highest BCUT2D eigenvalue weighted by molar-refractivity contribution is 7.89. The number of hydrogen-bond acceptors (Lipinski definition) is 8. The number of phenols is 1. The predicted octanol–water partition coefficient (Wildman–Crippen LogP) is 2.51. The minimum atomic E-state index is -3.84. The lowest BCUT2D eigenvalue weighted by Crippen LogP contribution is -2.27. The van der Waals surface area contributed by atoms with E-state index in [0.717, 1.165) is 23.6 Å². The van der Waals surface area contributed by atoms with E-state index in [1.807, 2.05) is 0 Å². The molecule has 0 aliphatic carbocycles. The van der Waals surface area contributed by atoms with Crippen LogP contribution in [-0.4, -0.2) is 58.5 Å². The standard InChI is InChI=1S/C21H20N4O7S/c1-32-15-4-7-20(26)17(10-15)21(27)14-12-22-24(13-14)18-6-5-16(11-19(18)25(28)29)33(30,31)23-8-2-3-9-23/h4-7,10-13,26H,2-3,8-9H2,1H3. The van der Waals surface area contributed by atoms with Crippen molar-refractivity contribution in [1.82, 2.24) is 14.1 Å². The number of phenolic OH excluding ortho intramolecular Hbond substituents is 1. The summed E-state index contributed by atoms with van der Waals surface area (Å²) >= 11 is 0. The molecule has 0 amide bonds. The number of aromatic hydroxyl groups is 1. The molecule has 0 saturated carbocycles. The van der Waals surface area contributed by atoms with Gasteiger partial charge in [0, 0.05) is 25.4 Å². The lowest BCUT2D eigenvalue weighted by molar-refractivity contribution is -0.384. The first-order chi connectivity index (χ1) is 15.7. The van der Waals surface area contributed by atoms with Crippen LogP contribution in [0.5, 0.6) is 11.5 Å². The highest BCUT2D eigenvalue weighted by atomic mass is 32.2. The van der Waals surface area contributed by atoms with Crippen molar-refractivity contribution in [2.45, 2.75) is 17.7 Å². The van der Waals surface area contributed by atoms with Crippen molar-refractivity contribution in [1.29, 1.82) is 0 Å². The summed E-state index contributed by atoms with van der Waals surface area (Å²) in [5, 5.41) is 25.8. The Kier molecular flexibility index (Phi) is 5.87. The number of nitro groups is 1. The summed E-state index contributed by atoms with van der Waals surface area (Å²) in [6.07, 6.45) is 3.97. The van der Waals surface area contributed by atoms with Crippen molar-refractivity contribution < 1.29 is 28.0 Å². The van der Waals surface area contributed by atoms with E-state index >= 15 is 0 Å². The maximum atomic E-state index is 12.8. The third-order valence-corrected chi connectivity index (χ3v) is 7.28. The number of ether oxygens (including phenoxy) is 1. The largest absolute Gasteiger partial charge is 0.507 e. The molecule has 0 radical (unpaired) electrons. The molecule has 1 aromatic heterocycles. The van der Waals surface area contributed by atoms with Crippen LogP contribution in [0.2, 0.25) is 0 Å². The first-order valence-corrected chi connectivity index (χ1v) is 11.4. The van der Waals surface area contributed by atoms with Crippen LogP contribution in [0.25, 0.3) is 5.69 Å². The Balaban J connectivity index is 1.70. The summed E-state index contributed by atoms with van der Waals surface area (Å²) < 4.78 is 33.1. The van der Waals surface area contributed by atoms with Crippen molar-refractivity contribution in [2.24, 2.45) is 0 Å². The zero-order valence-corrected chi connectivity index (χ0v) is 18.4. The number of aromatic nitrogens is 2. The number of ketones is 1. The molecular weight excluding hydrogens is 452 g/mol. The van der Waals surface area contributed by atoms with Gasteiger partial charge in [0.05, 0.1) is 34.3 Å². The predicted molar refractivity (Wildman–Crippen MR) is 116 cm³/mol. The van der Waals surface area contributed by atoms with E-state index in [-0.39, 0.29) is 27.5 Å². The van der Waals surface area contributed by atoms with Gasteiger partial charge in [0.15, 0.2) is 5.78 Å². The Morgan fingerprint density at radius 3 is 2.58 bits per heavy atom. The minimum Gasteiger partial charge on any atom is -0.507 e. The SMILES string of the molecule is COc1ccc(O)c(C(=O)c2cnn(-c3ccc(S(=O)(=O)N4CCCC4)cc3[N+](=O)[O-])c2)c1. The van der Waals surface area contributed by atoms with E-state index in [9.17, 15) is 28.4 Å². The smallest absolute Gasteiger partial charge is 0.296 e. The zero-order valence-electron chi connectivity index (χ0n) is 17.5. The average molecular weight is 472 g/mol. The third-order valence-electron chi connectivity index (χ3n) is 5.39. The molecule has 4 rings (SSSR count). The molecule has 1 fully saturated rings. The van der Waals surface area contributed by atoms with Gasteiger partial charge < -0.3 is 9.84 Å². The molecule has 12 heteroatoms. The maximum Gasteiger partial charge on any atom is 0.296 e. The second kappa shape index (κ2) is 8.64. The van der Waals surface area contributed by atoms with E-state index in [1.54, 1.807) is 0 Å². The topological polar surface area (TPSA) is 145 Å². The number of hydrogen-bond donors (Lipinski definition) is 1. The van der Waals surface area contributed by atoms with Gasteiger partial charge in [-0.05, 0) is 43.2 Å². The Labute approximate surface area is 189 Å². The van der Waals surface area contributed by atoms with Crippen molar-refractivity contribution in [3.8, 4) is 17.2 Å². The Hall–Kier alpha value is -3.77. The van der Waals surface area contributed by atoms with E-state index in [2.05, 4.69) is 5.10 Å². The van der Waals surface area contributed by atoms with Crippen LogP contribution in [0, 0.1) is 10.1 Å². The molecule has 0 spiro atoms. The van der Waals surface area contributed by atoms with Crippen LogP contribution in [0.1, 0.15) is 28.8 Å². The molecule has 1 aliphatic rings. The number of carbonyl (C=O) groups is 1. The summed E-state index contributed by atoms with van der Waals surface area (Å²) in [6.45, 7) is 0.749. The molecule has 3 aromatic rings. The summed E-state index contributed by atoms with van der Waals surface area (Å²) in [7, 11) is -2.42. The molecule has 1 aliphatic heterocycles. The zero-order chi connectivity index (χ0) is 23.8. The van der Waals surface area contributed by atoms with Crippen LogP contribution < -0.4 is 4.74 Å². The van der Waals surface area contributed by atoms with Crippen LogP contribution in [0.3, 0.4) is 0 Å². The van der Waals surface area contributed by atoms with E-state index < -0.39 is 26.4 Å². The molecule has 0 unspecified atom stereocenters. The third kappa shape index (κ3) is 4.17. The second-order valence-electron chi connectivity index (χ2n) is 7.40. The lowest BCUT2D eigenvalue weighted by Gasteiger charge is -2.15. The first kappa shape index (κ1) is 22.4. The lowest BCUT2D eigenvalue weighted by atomic mass is 10.1. The van der Waals surface area contributed by atoms with Crippen LogP contribution >= 0.6 is 0 Å². The fraction of sp³-hybridized carbons (Fsp3) is 0.238. The maximum absolute atomic E-state index is 12.8. The summed E-state index contributed by atoms with van der Waals surface area (Å²) in [5.41, 5.74) is -0.423. The molecular formula is C21H20N4O7S. The van der Waals surface area contributed by atoms with Gasteiger partial charge in [-0.2, -0.15) is 9.40 Å². The van der Waals surface area contributed by atoms with Crippen molar-refractivity contribution in [2.75, 3.05) is 20.2 Å². The Morgan fingerprint density at radius 2 is 1.91 bits per heavy atom. The first-order valence-electron chi connectivity index (χ1n) is 9.97. The van der Waals surface area contributed by atoms with Gasteiger partial charge >= 0.3 is 0 Å². The van der Waals surface area contributed by atoms with Gasteiger partial charge in [0.2, 0.25) is 10.0 Å². The van der Waals surface area contributed by atoms with Gasteiger partial charge in [0.25, 0.3) is 5.69 Å². The van der Waals surface area contributed by atoms with Gasteiger partial charge in [-0.25, -0.2) is 13.1 Å². The molecule has 11 nitrogen and oxygen atoms in total. The Morgan fingerprint density at radius 1 is 1.18 bits per heavy atom. The van der Waals surface area contributed by atoms with Crippen molar-refractivity contribution >= 4 is 21.5 Å². The van der Waals surface area contributed by atoms with E-state index in [4.69, 9.17) is 4.74 Å². The summed E-state index contributed by atoms with van der Waals surface area (Å²) in [5.74, 6) is -0.446. The van der Waals surface area contributed by atoms with Crippen LogP contribution in [0.4, 0.5) is 5.69 Å². The van der Waals surface area contributed by atoms with Crippen molar-refractivity contribution in [3.63, 3.8) is 0 Å². The number of methoxy groups -OCH3 is 1. The molecule has 1 N–H and O–H groups in total. The monoisotopic (exact) mass is 472 g/mol. The Bertz CT molecular complexity index is 1340. The molecule has 2 aromatic carbocycles. The molecule has 1 saturated heterocycles. The van der Waals surface area contributed by atoms with Crippen molar-refractivity contribution in [3.05, 3.63) is 70.0 Å². The average Bonchev–Trinajstić information content (AvgIpc) is 3.51. The number of rotatable bonds is 7. The fourth-order valence-corrected chi connectivity index (χ4v) is 5.17. The number of sulfonamides is 1. The number of carbonyl (C=O) groups excluding carboxylic acids is 1. The summed E-state index contributed by atoms with van der Waals surface area (Å²) in [4.78, 5) is 23.7. The molecule has 2 heterocycles. The fourth-order valence-electron chi connectivity index (χ4n) is 3.63.